The van der Waals surface area contributed by atoms with Gasteiger partial charge in [-0.05, 0) is 47.7 Å². The van der Waals surface area contributed by atoms with Gasteiger partial charge >= 0.3 is 0 Å². The first kappa shape index (κ1) is 17.4. The van der Waals surface area contributed by atoms with Crippen molar-refractivity contribution in [2.45, 2.75) is 19.4 Å². The summed E-state index contributed by atoms with van der Waals surface area (Å²) in [6.07, 6.45) is 2.65. The van der Waals surface area contributed by atoms with Gasteiger partial charge in [0, 0.05) is 12.7 Å². The molecule has 0 spiro atoms. The molecule has 0 unspecified atom stereocenters. The molecule has 25 heavy (non-hydrogen) atoms. The Morgan fingerprint density at radius 2 is 1.92 bits per heavy atom. The molecule has 0 radical (unpaired) electrons. The number of hydrogen-bond donors (Lipinski definition) is 1. The van der Waals surface area contributed by atoms with Gasteiger partial charge in [-0.1, -0.05) is 36.4 Å². The van der Waals surface area contributed by atoms with E-state index in [1.54, 1.807) is 31.4 Å². The number of amides is 1. The van der Waals surface area contributed by atoms with Gasteiger partial charge in [0.15, 0.2) is 0 Å². The van der Waals surface area contributed by atoms with Crippen molar-refractivity contribution < 1.29 is 17.9 Å². The Balaban J connectivity index is 1.81. The van der Waals surface area contributed by atoms with Crippen molar-refractivity contribution in [1.82, 2.24) is 4.72 Å². The highest BCUT2D eigenvalue weighted by atomic mass is 32.2. The second kappa shape index (κ2) is 7.21. The van der Waals surface area contributed by atoms with Gasteiger partial charge in [0.1, 0.15) is 0 Å². The SMILES string of the molecule is COCc1cccc(C(=O)NS(=O)(=O)C2=Cc3ccccc3CC2)c1. The van der Waals surface area contributed by atoms with Crippen molar-refractivity contribution in [2.75, 3.05) is 7.11 Å². The molecule has 0 bridgehead atoms. The average molecular weight is 357 g/mol. The molecule has 2 aromatic carbocycles. The van der Waals surface area contributed by atoms with Crippen molar-refractivity contribution in [3.63, 3.8) is 0 Å². The second-order valence-electron chi connectivity index (χ2n) is 5.88. The topological polar surface area (TPSA) is 72.5 Å². The van der Waals surface area contributed by atoms with E-state index in [2.05, 4.69) is 4.72 Å². The summed E-state index contributed by atoms with van der Waals surface area (Å²) in [6, 6.07) is 14.4. The minimum Gasteiger partial charge on any atom is -0.380 e. The number of allylic oxidation sites excluding steroid dienone is 1. The van der Waals surface area contributed by atoms with Gasteiger partial charge in [-0.15, -0.1) is 0 Å². The van der Waals surface area contributed by atoms with Crippen LogP contribution in [0.1, 0.15) is 33.5 Å². The summed E-state index contributed by atoms with van der Waals surface area (Å²) in [6.45, 7) is 0.357. The Hall–Kier alpha value is -2.44. The van der Waals surface area contributed by atoms with E-state index in [0.717, 1.165) is 16.7 Å². The molecule has 0 heterocycles. The Bertz CT molecular complexity index is 932. The van der Waals surface area contributed by atoms with E-state index in [-0.39, 0.29) is 10.5 Å². The van der Waals surface area contributed by atoms with Crippen LogP contribution in [0.3, 0.4) is 0 Å². The molecule has 2 aromatic rings. The minimum absolute atomic E-state index is 0.229. The molecule has 0 aromatic heterocycles. The molecular weight excluding hydrogens is 338 g/mol. The zero-order chi connectivity index (χ0) is 17.9. The van der Waals surface area contributed by atoms with Crippen LogP contribution in [0.5, 0.6) is 0 Å². The number of carbonyl (C=O) groups excluding carboxylic acids is 1. The Labute approximate surface area is 147 Å². The molecule has 0 saturated carbocycles. The number of aryl methyl sites for hydroxylation is 1. The summed E-state index contributed by atoms with van der Waals surface area (Å²) >= 11 is 0. The highest BCUT2D eigenvalue weighted by Crippen LogP contribution is 2.26. The van der Waals surface area contributed by atoms with Crippen LogP contribution in [0, 0.1) is 0 Å². The quantitative estimate of drug-likeness (QED) is 0.893. The Kier molecular flexibility index (Phi) is 5.01. The summed E-state index contributed by atoms with van der Waals surface area (Å²) < 4.78 is 32.3. The molecule has 1 N–H and O–H groups in total. The van der Waals surface area contributed by atoms with E-state index in [0.29, 0.717) is 19.4 Å². The van der Waals surface area contributed by atoms with E-state index < -0.39 is 15.9 Å². The van der Waals surface area contributed by atoms with Crippen molar-refractivity contribution in [3.05, 3.63) is 75.7 Å². The smallest absolute Gasteiger partial charge is 0.264 e. The number of fused-ring (bicyclic) bond motifs is 1. The van der Waals surface area contributed by atoms with Crippen LogP contribution in [0.25, 0.3) is 6.08 Å². The van der Waals surface area contributed by atoms with E-state index in [1.165, 1.54) is 0 Å². The normalized spacial score (nSPS) is 13.7. The molecule has 0 saturated heterocycles. The maximum atomic E-state index is 12.6. The number of rotatable bonds is 5. The van der Waals surface area contributed by atoms with Gasteiger partial charge in [-0.3, -0.25) is 4.79 Å². The van der Waals surface area contributed by atoms with Crippen LogP contribution in [-0.2, 0) is 27.8 Å². The number of ether oxygens (including phenoxy) is 1. The van der Waals surface area contributed by atoms with Crippen molar-refractivity contribution in [1.29, 1.82) is 0 Å². The number of nitrogens with one attached hydrogen (secondary N) is 1. The van der Waals surface area contributed by atoms with Crippen molar-refractivity contribution >= 4 is 22.0 Å². The standard InChI is InChI=1S/C19H19NO4S/c1-24-13-14-5-4-8-17(11-14)19(21)20-25(22,23)18-10-9-15-6-2-3-7-16(15)12-18/h2-8,11-12H,9-10,13H2,1H3,(H,20,21). The average Bonchev–Trinajstić information content (AvgIpc) is 2.61. The lowest BCUT2D eigenvalue weighted by atomic mass is 9.98. The number of hydrogen-bond acceptors (Lipinski definition) is 4. The summed E-state index contributed by atoms with van der Waals surface area (Å²) in [5.41, 5.74) is 3.08. The molecule has 0 fully saturated rings. The largest absolute Gasteiger partial charge is 0.380 e. The van der Waals surface area contributed by atoms with Gasteiger partial charge in [0.2, 0.25) is 0 Å². The minimum atomic E-state index is -3.87. The lowest BCUT2D eigenvalue weighted by Gasteiger charge is -2.17. The highest BCUT2D eigenvalue weighted by Gasteiger charge is 2.24. The zero-order valence-corrected chi connectivity index (χ0v) is 14.7. The lowest BCUT2D eigenvalue weighted by molar-refractivity contribution is 0.0981. The van der Waals surface area contributed by atoms with E-state index in [4.69, 9.17) is 4.74 Å². The third-order valence-corrected chi connectivity index (χ3v) is 5.55. The van der Waals surface area contributed by atoms with Crippen LogP contribution in [0.2, 0.25) is 0 Å². The Morgan fingerprint density at radius 1 is 1.12 bits per heavy atom. The first-order valence-electron chi connectivity index (χ1n) is 7.93. The molecule has 1 aliphatic carbocycles. The molecular formula is C19H19NO4S. The summed E-state index contributed by atoms with van der Waals surface area (Å²) in [4.78, 5) is 12.6. The molecule has 5 nitrogen and oxygen atoms in total. The molecule has 6 heteroatoms. The number of sulfonamides is 1. The zero-order valence-electron chi connectivity index (χ0n) is 13.9. The van der Waals surface area contributed by atoms with Crippen LogP contribution >= 0.6 is 0 Å². The van der Waals surface area contributed by atoms with Crippen LogP contribution < -0.4 is 4.72 Å². The summed E-state index contributed by atoms with van der Waals surface area (Å²) in [5.74, 6) is -0.641. The predicted octanol–water partition coefficient (Wildman–Crippen LogP) is 2.88. The first-order chi connectivity index (χ1) is 12.0. The third-order valence-electron chi connectivity index (χ3n) is 4.08. The monoisotopic (exact) mass is 357 g/mol. The first-order valence-corrected chi connectivity index (χ1v) is 9.41. The summed E-state index contributed by atoms with van der Waals surface area (Å²) in [5, 5.41) is 0. The fourth-order valence-corrected chi connectivity index (χ4v) is 3.98. The molecule has 0 aliphatic heterocycles. The number of methoxy groups -OCH3 is 1. The molecule has 1 amide bonds. The van der Waals surface area contributed by atoms with E-state index >= 15 is 0 Å². The second-order valence-corrected chi connectivity index (χ2v) is 7.61. The van der Waals surface area contributed by atoms with Crippen molar-refractivity contribution in [3.8, 4) is 0 Å². The van der Waals surface area contributed by atoms with Gasteiger partial charge < -0.3 is 4.74 Å². The van der Waals surface area contributed by atoms with Gasteiger partial charge in [0.25, 0.3) is 15.9 Å². The Morgan fingerprint density at radius 3 is 2.72 bits per heavy atom. The van der Waals surface area contributed by atoms with E-state index in [1.807, 2.05) is 30.3 Å². The fourth-order valence-electron chi connectivity index (χ4n) is 2.83. The predicted molar refractivity (Wildman–Crippen MR) is 96.3 cm³/mol. The number of carbonyl (C=O) groups is 1. The summed E-state index contributed by atoms with van der Waals surface area (Å²) in [7, 11) is -2.31. The van der Waals surface area contributed by atoms with Crippen LogP contribution in [0.4, 0.5) is 0 Å². The molecule has 3 rings (SSSR count). The third kappa shape index (κ3) is 3.97. The molecule has 0 atom stereocenters. The maximum absolute atomic E-state index is 12.6. The highest BCUT2D eigenvalue weighted by molar-refractivity contribution is 7.94. The molecule has 130 valence electrons. The fraction of sp³-hybridized carbons (Fsp3) is 0.211. The van der Waals surface area contributed by atoms with E-state index in [9.17, 15) is 13.2 Å². The van der Waals surface area contributed by atoms with Gasteiger partial charge in [0.05, 0.1) is 11.5 Å². The lowest BCUT2D eigenvalue weighted by Crippen LogP contribution is -2.32. The van der Waals surface area contributed by atoms with Gasteiger partial charge in [-0.25, -0.2) is 13.1 Å². The van der Waals surface area contributed by atoms with Crippen molar-refractivity contribution in [2.24, 2.45) is 0 Å². The van der Waals surface area contributed by atoms with Gasteiger partial charge in [-0.2, -0.15) is 0 Å². The van der Waals surface area contributed by atoms with Crippen LogP contribution in [0.15, 0.2) is 53.4 Å². The number of benzene rings is 2. The molecule has 1 aliphatic rings. The van der Waals surface area contributed by atoms with Crippen LogP contribution in [-0.4, -0.2) is 21.4 Å². The maximum Gasteiger partial charge on any atom is 0.264 e.